The van der Waals surface area contributed by atoms with Crippen LogP contribution in [-0.2, 0) is 9.53 Å². The van der Waals surface area contributed by atoms with Crippen molar-refractivity contribution in [2.24, 2.45) is 11.5 Å². The van der Waals surface area contributed by atoms with Crippen molar-refractivity contribution in [1.29, 1.82) is 0 Å². The lowest BCUT2D eigenvalue weighted by atomic mass is 9.87. The van der Waals surface area contributed by atoms with Crippen LogP contribution < -0.4 is 21.5 Å². The van der Waals surface area contributed by atoms with E-state index in [0.717, 1.165) is 36.8 Å². The smallest absolute Gasteiger partial charge is 0.488 e. The molecule has 6 N–H and O–H groups in total. The number of aliphatic carboxylic acids is 1. The van der Waals surface area contributed by atoms with E-state index in [1.165, 1.54) is 19.2 Å². The highest BCUT2D eigenvalue weighted by atomic mass is 35.5. The monoisotopic (exact) mass is 653 g/mol. The summed E-state index contributed by atoms with van der Waals surface area (Å²) in [4.78, 5) is 21.2. The molecule has 0 aromatic heterocycles. The Hall–Kier alpha value is -3.71. The number of hydrogen-bond donors (Lipinski definition) is 4. The molecule has 45 heavy (non-hydrogen) atoms. The average molecular weight is 654 g/mol. The maximum absolute atomic E-state index is 15.8. The molecule has 244 valence electrons. The van der Waals surface area contributed by atoms with Gasteiger partial charge in [-0.05, 0) is 61.1 Å². The van der Waals surface area contributed by atoms with Crippen LogP contribution in [0, 0.1) is 5.82 Å². The maximum atomic E-state index is 15.8. The largest absolute Gasteiger partial charge is 0.490 e. The second-order valence-electron chi connectivity index (χ2n) is 10.5. The van der Waals surface area contributed by atoms with E-state index in [4.69, 9.17) is 42.4 Å². The minimum absolute atomic E-state index is 0.000280. The van der Waals surface area contributed by atoms with Gasteiger partial charge in [0.05, 0.1) is 12.2 Å². The van der Waals surface area contributed by atoms with E-state index < -0.39 is 23.9 Å². The first-order valence-electron chi connectivity index (χ1n) is 14.2. The molecule has 1 fully saturated rings. The van der Waals surface area contributed by atoms with E-state index in [9.17, 15) is 18.0 Å². The lowest BCUT2D eigenvalue weighted by molar-refractivity contribution is -0.192. The van der Waals surface area contributed by atoms with E-state index >= 15 is 4.39 Å². The van der Waals surface area contributed by atoms with Crippen molar-refractivity contribution in [2.45, 2.75) is 49.9 Å². The summed E-state index contributed by atoms with van der Waals surface area (Å²) < 4.78 is 58.1. The number of carbonyl (C=O) groups is 2. The van der Waals surface area contributed by atoms with Crippen LogP contribution in [0.4, 0.5) is 17.6 Å². The summed E-state index contributed by atoms with van der Waals surface area (Å²) in [6.07, 6.45) is -0.983. The molecular weight excluding hydrogens is 618 g/mol. The minimum atomic E-state index is -5.08. The maximum Gasteiger partial charge on any atom is 0.490 e. The molecule has 0 aliphatic heterocycles. The van der Waals surface area contributed by atoms with Gasteiger partial charge in [0.1, 0.15) is 6.61 Å². The predicted octanol–water partition coefficient (Wildman–Crippen LogP) is 5.89. The van der Waals surface area contributed by atoms with Gasteiger partial charge in [0.15, 0.2) is 11.6 Å². The minimum Gasteiger partial charge on any atom is -0.488 e. The van der Waals surface area contributed by atoms with Gasteiger partial charge < -0.3 is 31.4 Å². The van der Waals surface area contributed by atoms with Gasteiger partial charge in [-0.15, -0.1) is 0 Å². The molecule has 13 heteroatoms. The highest BCUT2D eigenvalue weighted by Crippen LogP contribution is 2.39. The molecule has 1 aliphatic carbocycles. The van der Waals surface area contributed by atoms with E-state index in [0.29, 0.717) is 29.8 Å². The fourth-order valence-electron chi connectivity index (χ4n) is 5.04. The van der Waals surface area contributed by atoms with E-state index in [2.05, 4.69) is 17.4 Å². The Morgan fingerprint density at radius 3 is 2.24 bits per heavy atom. The Kier molecular flexibility index (Phi) is 13.2. The number of carbonyl (C=O) groups excluding carboxylic acids is 1. The molecule has 0 saturated heterocycles. The SMILES string of the molecule is COCCOc1ccc(C(N)=O)c(-c2cc(C(CNC3CCC(N)CC3)c3ccccc3)ccc2Cl)c1F.O=C(O)C(F)(F)F. The van der Waals surface area contributed by atoms with Crippen molar-refractivity contribution in [3.05, 3.63) is 88.2 Å². The Morgan fingerprint density at radius 2 is 1.67 bits per heavy atom. The van der Waals surface area contributed by atoms with Gasteiger partial charge in [-0.25, -0.2) is 9.18 Å². The van der Waals surface area contributed by atoms with Crippen LogP contribution in [0.2, 0.25) is 5.02 Å². The summed E-state index contributed by atoms with van der Waals surface area (Å²) in [5.74, 6) is -4.22. The van der Waals surface area contributed by atoms with E-state index in [1.54, 1.807) is 6.07 Å². The fourth-order valence-corrected chi connectivity index (χ4v) is 5.26. The second kappa shape index (κ2) is 16.6. The van der Waals surface area contributed by atoms with Crippen molar-refractivity contribution in [1.82, 2.24) is 5.32 Å². The molecule has 1 unspecified atom stereocenters. The zero-order chi connectivity index (χ0) is 33.1. The first kappa shape index (κ1) is 35.8. The van der Waals surface area contributed by atoms with Gasteiger partial charge in [-0.2, -0.15) is 13.2 Å². The summed E-state index contributed by atoms with van der Waals surface area (Å²) in [6.45, 7) is 1.14. The summed E-state index contributed by atoms with van der Waals surface area (Å²) in [6, 6.07) is 19.2. The summed E-state index contributed by atoms with van der Waals surface area (Å²) >= 11 is 6.61. The molecule has 3 aromatic carbocycles. The summed E-state index contributed by atoms with van der Waals surface area (Å²) in [5, 5.41) is 11.2. The quantitative estimate of drug-likeness (QED) is 0.150. The molecule has 1 atom stereocenters. The van der Waals surface area contributed by atoms with Gasteiger partial charge in [-0.3, -0.25) is 4.79 Å². The number of nitrogens with two attached hydrogens (primary N) is 2. The Bertz CT molecular complexity index is 1430. The zero-order valence-corrected chi connectivity index (χ0v) is 25.3. The number of halogens is 5. The lowest BCUT2D eigenvalue weighted by Crippen LogP contribution is -2.39. The molecule has 3 aromatic rings. The Labute approximate surface area is 263 Å². The fraction of sp³-hybridized carbons (Fsp3) is 0.375. The number of primary amides is 1. The molecule has 1 saturated carbocycles. The summed E-state index contributed by atoms with van der Waals surface area (Å²) in [7, 11) is 1.54. The summed E-state index contributed by atoms with van der Waals surface area (Å²) in [5.41, 5.74) is 14.2. The normalized spacial score (nSPS) is 17.1. The first-order chi connectivity index (χ1) is 21.3. The lowest BCUT2D eigenvalue weighted by Gasteiger charge is -2.29. The molecule has 0 radical (unpaired) electrons. The van der Waals surface area contributed by atoms with Crippen LogP contribution in [-0.4, -0.2) is 62.1 Å². The number of hydrogen-bond acceptors (Lipinski definition) is 6. The van der Waals surface area contributed by atoms with Crippen LogP contribution >= 0.6 is 11.6 Å². The number of rotatable bonds is 11. The average Bonchev–Trinajstić information content (AvgIpc) is 3.00. The second-order valence-corrected chi connectivity index (χ2v) is 10.9. The number of amides is 1. The van der Waals surface area contributed by atoms with Gasteiger partial charge in [0, 0.05) is 47.8 Å². The third kappa shape index (κ3) is 10.1. The Morgan fingerprint density at radius 1 is 1.02 bits per heavy atom. The van der Waals surface area contributed by atoms with Gasteiger partial charge in [-0.1, -0.05) is 48.0 Å². The van der Waals surface area contributed by atoms with Crippen LogP contribution in [0.3, 0.4) is 0 Å². The molecule has 0 bridgehead atoms. The van der Waals surface area contributed by atoms with E-state index in [-0.39, 0.29) is 35.4 Å². The third-order valence-corrected chi connectivity index (χ3v) is 7.74. The van der Waals surface area contributed by atoms with Crippen molar-refractivity contribution < 1.29 is 41.7 Å². The Balaban J connectivity index is 0.000000707. The number of carboxylic acids is 1. The first-order valence-corrected chi connectivity index (χ1v) is 14.6. The molecular formula is C32H36ClF4N3O5. The van der Waals surface area contributed by atoms with Gasteiger partial charge >= 0.3 is 12.1 Å². The van der Waals surface area contributed by atoms with Crippen LogP contribution in [0.25, 0.3) is 11.1 Å². The number of carboxylic acid groups (broad SMARTS) is 1. The standard InChI is InChI=1S/C30H35ClFN3O3.C2HF3O2/c1-37-15-16-38-27-14-12-23(30(34)36)28(29(27)32)24-17-20(7-13-26(24)31)25(19-5-3-2-4-6-19)18-35-22-10-8-21(33)9-11-22;3-2(4,5)1(6)7/h2-7,12-14,17,21-22,25,35H,8-11,15-16,18,33H2,1H3,(H2,34,36);(H,6,7). The number of alkyl halides is 3. The molecule has 4 rings (SSSR count). The van der Waals surface area contributed by atoms with Crippen molar-refractivity contribution in [2.75, 3.05) is 26.9 Å². The third-order valence-electron chi connectivity index (χ3n) is 7.41. The predicted molar refractivity (Wildman–Crippen MR) is 163 cm³/mol. The molecule has 0 spiro atoms. The van der Waals surface area contributed by atoms with Crippen molar-refractivity contribution in [3.8, 4) is 16.9 Å². The number of methoxy groups -OCH3 is 1. The van der Waals surface area contributed by atoms with Gasteiger partial charge in [0.2, 0.25) is 5.91 Å². The van der Waals surface area contributed by atoms with Crippen molar-refractivity contribution in [3.63, 3.8) is 0 Å². The molecule has 1 amide bonds. The van der Waals surface area contributed by atoms with Crippen LogP contribution in [0.15, 0.2) is 60.7 Å². The van der Waals surface area contributed by atoms with Gasteiger partial charge in [0.25, 0.3) is 0 Å². The number of benzene rings is 3. The van der Waals surface area contributed by atoms with Crippen LogP contribution in [0.1, 0.15) is 53.1 Å². The highest BCUT2D eigenvalue weighted by molar-refractivity contribution is 6.33. The topological polar surface area (TPSA) is 137 Å². The highest BCUT2D eigenvalue weighted by Gasteiger charge is 2.38. The van der Waals surface area contributed by atoms with Crippen LogP contribution in [0.5, 0.6) is 5.75 Å². The van der Waals surface area contributed by atoms with Crippen molar-refractivity contribution >= 4 is 23.5 Å². The van der Waals surface area contributed by atoms with E-state index in [1.807, 2.05) is 30.3 Å². The molecule has 8 nitrogen and oxygen atoms in total. The number of ether oxygens (including phenoxy) is 2. The molecule has 0 heterocycles. The number of nitrogens with one attached hydrogen (secondary N) is 1. The zero-order valence-electron chi connectivity index (χ0n) is 24.6. The molecule has 1 aliphatic rings.